The molecule has 0 unspecified atom stereocenters. The average Bonchev–Trinajstić information content (AvgIpc) is 2.88. The molecule has 0 aliphatic heterocycles. The van der Waals surface area contributed by atoms with Crippen LogP contribution >= 0.6 is 23.6 Å². The maximum absolute atomic E-state index is 5.00. The standard InChI is InChI=1S/C11H14N4S2/c1-5(2)7-8(9-13-11(16)15-14-9)17-10(12-7)6-3-4-6/h5-6H,3-4H2,1-2H3,(H2,13,14,15,16). The Balaban J connectivity index is 2.10. The maximum atomic E-state index is 5.00. The molecule has 0 saturated heterocycles. The van der Waals surface area contributed by atoms with Crippen LogP contribution in [-0.4, -0.2) is 20.2 Å². The van der Waals surface area contributed by atoms with Gasteiger partial charge in [0.25, 0.3) is 0 Å². The molecule has 1 aliphatic rings. The van der Waals surface area contributed by atoms with Crippen molar-refractivity contribution in [2.45, 2.75) is 38.5 Å². The van der Waals surface area contributed by atoms with E-state index in [2.05, 4.69) is 29.0 Å². The van der Waals surface area contributed by atoms with Crippen LogP contribution in [-0.2, 0) is 0 Å². The lowest BCUT2D eigenvalue weighted by Crippen LogP contribution is -1.92. The fourth-order valence-corrected chi connectivity index (χ4v) is 3.27. The zero-order chi connectivity index (χ0) is 12.0. The number of rotatable bonds is 3. The molecule has 90 valence electrons. The zero-order valence-corrected chi connectivity index (χ0v) is 11.4. The van der Waals surface area contributed by atoms with Gasteiger partial charge < -0.3 is 0 Å². The molecule has 1 saturated carbocycles. The third kappa shape index (κ3) is 2.07. The first kappa shape index (κ1) is 11.1. The molecular formula is C11H14N4S2. The Morgan fingerprint density at radius 2 is 2.06 bits per heavy atom. The van der Waals surface area contributed by atoms with E-state index in [9.17, 15) is 0 Å². The van der Waals surface area contributed by atoms with Gasteiger partial charge in [-0.25, -0.2) is 4.98 Å². The molecule has 6 heteroatoms. The molecule has 1 aliphatic carbocycles. The fraction of sp³-hybridized carbons (Fsp3) is 0.545. The number of hydrogen-bond donors (Lipinski definition) is 2. The zero-order valence-electron chi connectivity index (χ0n) is 9.78. The van der Waals surface area contributed by atoms with Gasteiger partial charge in [0.2, 0.25) is 4.77 Å². The van der Waals surface area contributed by atoms with Crippen molar-refractivity contribution >= 4 is 23.6 Å². The van der Waals surface area contributed by atoms with Gasteiger partial charge in [0.1, 0.15) is 0 Å². The Hall–Kier alpha value is -1.01. The minimum atomic E-state index is 0.410. The minimum Gasteiger partial charge on any atom is -0.281 e. The van der Waals surface area contributed by atoms with E-state index in [-0.39, 0.29) is 0 Å². The Morgan fingerprint density at radius 3 is 2.59 bits per heavy atom. The summed E-state index contributed by atoms with van der Waals surface area (Å²) in [6.45, 7) is 4.33. The van der Waals surface area contributed by atoms with Crippen LogP contribution in [0.1, 0.15) is 49.2 Å². The van der Waals surface area contributed by atoms with Gasteiger partial charge in [-0.15, -0.1) is 11.3 Å². The molecule has 2 aromatic heterocycles. The molecule has 4 nitrogen and oxygen atoms in total. The Morgan fingerprint density at radius 1 is 1.29 bits per heavy atom. The summed E-state index contributed by atoms with van der Waals surface area (Å²) in [6.07, 6.45) is 2.56. The van der Waals surface area contributed by atoms with E-state index in [1.807, 2.05) is 0 Å². The number of aromatic nitrogens is 4. The number of nitrogens with zero attached hydrogens (tertiary/aromatic N) is 2. The third-order valence-electron chi connectivity index (χ3n) is 2.86. The maximum Gasteiger partial charge on any atom is 0.213 e. The number of aromatic amines is 2. The Kier molecular flexibility index (Phi) is 2.63. The highest BCUT2D eigenvalue weighted by molar-refractivity contribution is 7.71. The Bertz CT molecular complexity index is 589. The van der Waals surface area contributed by atoms with E-state index in [0.717, 1.165) is 16.4 Å². The topological polar surface area (TPSA) is 57.4 Å². The van der Waals surface area contributed by atoms with Crippen LogP contribution in [0.4, 0.5) is 0 Å². The average molecular weight is 266 g/mol. The minimum absolute atomic E-state index is 0.410. The molecule has 2 N–H and O–H groups in total. The monoisotopic (exact) mass is 266 g/mol. The van der Waals surface area contributed by atoms with E-state index in [1.54, 1.807) is 11.3 Å². The highest BCUT2D eigenvalue weighted by Gasteiger charge is 2.29. The van der Waals surface area contributed by atoms with Gasteiger partial charge in [-0.3, -0.25) is 10.2 Å². The third-order valence-corrected chi connectivity index (χ3v) is 4.29. The van der Waals surface area contributed by atoms with E-state index in [4.69, 9.17) is 17.2 Å². The molecule has 0 bridgehead atoms. The van der Waals surface area contributed by atoms with Crippen molar-refractivity contribution < 1.29 is 0 Å². The summed E-state index contributed by atoms with van der Waals surface area (Å²) in [5.41, 5.74) is 1.13. The van der Waals surface area contributed by atoms with Crippen molar-refractivity contribution in [3.05, 3.63) is 15.5 Å². The first-order valence-corrected chi connectivity index (χ1v) is 7.03. The molecule has 0 atom stereocenters. The molecular weight excluding hydrogens is 252 g/mol. The van der Waals surface area contributed by atoms with Crippen molar-refractivity contribution in [1.82, 2.24) is 20.2 Å². The van der Waals surface area contributed by atoms with Gasteiger partial charge in [0.05, 0.1) is 15.6 Å². The van der Waals surface area contributed by atoms with Gasteiger partial charge in [0.15, 0.2) is 5.82 Å². The first-order chi connectivity index (χ1) is 8.15. The lowest BCUT2D eigenvalue weighted by Gasteiger charge is -2.01. The van der Waals surface area contributed by atoms with E-state index in [1.165, 1.54) is 17.8 Å². The summed E-state index contributed by atoms with van der Waals surface area (Å²) in [5, 5.41) is 7.12. The van der Waals surface area contributed by atoms with Gasteiger partial charge in [-0.2, -0.15) is 4.98 Å². The molecule has 0 aromatic carbocycles. The number of thiazole rings is 1. The van der Waals surface area contributed by atoms with Crippen molar-refractivity contribution in [1.29, 1.82) is 0 Å². The van der Waals surface area contributed by atoms with Crippen LogP contribution in [0.25, 0.3) is 10.7 Å². The summed E-state index contributed by atoms with van der Waals surface area (Å²) in [6, 6.07) is 0. The number of H-pyrrole nitrogens is 2. The summed E-state index contributed by atoms with van der Waals surface area (Å²) >= 11 is 6.75. The molecule has 0 amide bonds. The van der Waals surface area contributed by atoms with Gasteiger partial charge >= 0.3 is 0 Å². The lowest BCUT2D eigenvalue weighted by atomic mass is 10.1. The molecule has 0 spiro atoms. The Labute approximate surface area is 109 Å². The van der Waals surface area contributed by atoms with E-state index < -0.39 is 0 Å². The van der Waals surface area contributed by atoms with Gasteiger partial charge in [0, 0.05) is 5.92 Å². The highest BCUT2D eigenvalue weighted by atomic mass is 32.1. The van der Waals surface area contributed by atoms with E-state index in [0.29, 0.717) is 16.6 Å². The summed E-state index contributed by atoms with van der Waals surface area (Å²) in [5.74, 6) is 1.92. The predicted octanol–water partition coefficient (Wildman–Crippen LogP) is 3.59. The predicted molar refractivity (Wildman–Crippen MR) is 70.9 cm³/mol. The summed E-state index contributed by atoms with van der Waals surface area (Å²) < 4.78 is 0.496. The fourth-order valence-electron chi connectivity index (χ4n) is 1.79. The van der Waals surface area contributed by atoms with Crippen LogP contribution in [0.3, 0.4) is 0 Å². The lowest BCUT2D eigenvalue weighted by molar-refractivity contribution is 0.822. The highest BCUT2D eigenvalue weighted by Crippen LogP contribution is 2.45. The smallest absolute Gasteiger partial charge is 0.213 e. The molecule has 2 heterocycles. The van der Waals surface area contributed by atoms with Crippen LogP contribution in [0.5, 0.6) is 0 Å². The normalized spacial score (nSPS) is 15.7. The van der Waals surface area contributed by atoms with Gasteiger partial charge in [-0.1, -0.05) is 13.8 Å². The first-order valence-electron chi connectivity index (χ1n) is 5.81. The quantitative estimate of drug-likeness (QED) is 0.835. The number of hydrogen-bond acceptors (Lipinski definition) is 4. The van der Waals surface area contributed by atoms with Crippen LogP contribution in [0.2, 0.25) is 0 Å². The van der Waals surface area contributed by atoms with Crippen molar-refractivity contribution in [2.24, 2.45) is 0 Å². The molecule has 2 aromatic rings. The van der Waals surface area contributed by atoms with Crippen LogP contribution in [0.15, 0.2) is 0 Å². The van der Waals surface area contributed by atoms with Crippen molar-refractivity contribution in [2.75, 3.05) is 0 Å². The van der Waals surface area contributed by atoms with Crippen LogP contribution < -0.4 is 0 Å². The SMILES string of the molecule is CC(C)c1nc(C2CC2)sc1-c1nc(=S)[nH][nH]1. The summed E-state index contributed by atoms with van der Waals surface area (Å²) in [4.78, 5) is 10.2. The second-order valence-electron chi connectivity index (χ2n) is 4.71. The van der Waals surface area contributed by atoms with E-state index >= 15 is 0 Å². The van der Waals surface area contributed by atoms with Crippen LogP contribution in [0, 0.1) is 4.77 Å². The number of nitrogens with one attached hydrogen (secondary N) is 2. The molecule has 17 heavy (non-hydrogen) atoms. The molecule has 1 fully saturated rings. The summed E-state index contributed by atoms with van der Waals surface area (Å²) in [7, 11) is 0. The second-order valence-corrected chi connectivity index (χ2v) is 6.13. The molecule has 3 rings (SSSR count). The molecule has 0 radical (unpaired) electrons. The van der Waals surface area contributed by atoms with Gasteiger partial charge in [-0.05, 0) is 31.0 Å². The largest absolute Gasteiger partial charge is 0.281 e. The van der Waals surface area contributed by atoms with Crippen molar-refractivity contribution in [3.63, 3.8) is 0 Å². The second kappa shape index (κ2) is 4.03. The van der Waals surface area contributed by atoms with Crippen molar-refractivity contribution in [3.8, 4) is 10.7 Å².